The molecule has 2 aliphatic rings. The minimum Gasteiger partial charge on any atom is -0.507 e. The summed E-state index contributed by atoms with van der Waals surface area (Å²) in [6, 6.07) is 3.89. The van der Waals surface area contributed by atoms with Gasteiger partial charge in [-0.15, -0.1) is 10.2 Å². The molecular formula is C20H29N9O2. The minimum absolute atomic E-state index is 0.199. The van der Waals surface area contributed by atoms with Crippen molar-refractivity contribution in [1.82, 2.24) is 25.5 Å². The number of nitrogens with two attached hydrogens (primary N) is 2. The third kappa shape index (κ3) is 4.62. The topological polar surface area (TPSA) is 160 Å². The molecule has 0 saturated carbocycles. The van der Waals surface area contributed by atoms with Crippen LogP contribution < -0.4 is 27.2 Å². The van der Waals surface area contributed by atoms with Gasteiger partial charge >= 0.3 is 0 Å². The van der Waals surface area contributed by atoms with E-state index in [1.165, 1.54) is 0 Å². The Morgan fingerprint density at radius 3 is 3.03 bits per heavy atom. The molecule has 166 valence electrons. The normalized spacial score (nSPS) is 19.0. The van der Waals surface area contributed by atoms with Crippen molar-refractivity contribution in [2.75, 3.05) is 31.6 Å². The number of hydrogen-bond acceptors (Lipinski definition) is 10. The Kier molecular flexibility index (Phi) is 6.33. The molecule has 0 bridgehead atoms. The standard InChI is InChI=1S/C20H29N9O2/c1-12-18(15-4-5-16-14(19(15)30)7-10-31-16)27-28-20(23-12)24-13-3-2-8-29(11-13)9-6-17(25-21)26-22/h4-5,13,30H,2-3,6-11,21-22H2,1H3,(H,25,26)(H,23,24,28). The lowest BCUT2D eigenvalue weighted by molar-refractivity contribution is 0.221. The molecule has 2 aromatic rings. The summed E-state index contributed by atoms with van der Waals surface area (Å²) < 4.78 is 5.51. The Morgan fingerprint density at radius 1 is 1.39 bits per heavy atom. The second kappa shape index (κ2) is 9.31. The minimum atomic E-state index is 0.199. The van der Waals surface area contributed by atoms with E-state index in [-0.39, 0.29) is 11.8 Å². The number of phenolic OH excluding ortho intramolecular Hbond substituents is 1. The van der Waals surface area contributed by atoms with Crippen LogP contribution in [-0.2, 0) is 6.42 Å². The lowest BCUT2D eigenvalue weighted by atomic mass is 10.0. The zero-order valence-electron chi connectivity index (χ0n) is 17.6. The quantitative estimate of drug-likeness (QED) is 0.190. The highest BCUT2D eigenvalue weighted by Gasteiger charge is 2.23. The molecule has 31 heavy (non-hydrogen) atoms. The number of likely N-dealkylation sites (tertiary alicyclic amines) is 1. The number of aryl methyl sites for hydroxylation is 1. The molecule has 11 nitrogen and oxygen atoms in total. The van der Waals surface area contributed by atoms with Crippen LogP contribution >= 0.6 is 0 Å². The van der Waals surface area contributed by atoms with Crippen LogP contribution in [0.15, 0.2) is 17.2 Å². The lowest BCUT2D eigenvalue weighted by Crippen LogP contribution is -2.44. The Hall–Kier alpha value is -3.18. The van der Waals surface area contributed by atoms with Crippen molar-refractivity contribution >= 4 is 11.8 Å². The second-order valence-corrected chi connectivity index (χ2v) is 7.86. The van der Waals surface area contributed by atoms with E-state index in [1.807, 2.05) is 13.0 Å². The fourth-order valence-electron chi connectivity index (χ4n) is 4.16. The molecular weight excluding hydrogens is 398 g/mol. The first-order valence-corrected chi connectivity index (χ1v) is 10.5. The number of phenols is 1. The van der Waals surface area contributed by atoms with Gasteiger partial charge < -0.3 is 31.3 Å². The maximum absolute atomic E-state index is 10.6. The van der Waals surface area contributed by atoms with E-state index in [0.717, 1.165) is 43.8 Å². The van der Waals surface area contributed by atoms with E-state index >= 15 is 0 Å². The number of rotatable bonds is 6. The first kappa shape index (κ1) is 21.1. The number of aromatic nitrogens is 3. The number of nitrogens with zero attached hydrogens (tertiary/aromatic N) is 5. The van der Waals surface area contributed by atoms with Gasteiger partial charge in [-0.2, -0.15) is 5.10 Å². The zero-order valence-corrected chi connectivity index (χ0v) is 17.6. The largest absolute Gasteiger partial charge is 0.507 e. The molecule has 1 saturated heterocycles. The second-order valence-electron chi connectivity index (χ2n) is 7.86. The number of hydrazone groups is 1. The van der Waals surface area contributed by atoms with E-state index in [9.17, 15) is 5.11 Å². The van der Waals surface area contributed by atoms with Crippen LogP contribution in [-0.4, -0.2) is 63.3 Å². The van der Waals surface area contributed by atoms with Gasteiger partial charge in [0.1, 0.15) is 23.0 Å². The monoisotopic (exact) mass is 427 g/mol. The Labute approximate surface area is 180 Å². The highest BCUT2D eigenvalue weighted by atomic mass is 16.5. The summed E-state index contributed by atoms with van der Waals surface area (Å²) in [4.78, 5) is 6.93. The molecule has 1 fully saturated rings. The molecule has 0 spiro atoms. The van der Waals surface area contributed by atoms with Gasteiger partial charge in [0.05, 0.1) is 12.3 Å². The fraction of sp³-hybridized carbons (Fsp3) is 0.500. The van der Waals surface area contributed by atoms with Crippen LogP contribution in [0.1, 0.15) is 30.5 Å². The Balaban J connectivity index is 1.42. The zero-order chi connectivity index (χ0) is 21.8. The van der Waals surface area contributed by atoms with Gasteiger partial charge in [0.25, 0.3) is 0 Å². The molecule has 1 aromatic carbocycles. The third-order valence-electron chi connectivity index (χ3n) is 5.79. The van der Waals surface area contributed by atoms with Gasteiger partial charge in [0, 0.05) is 43.1 Å². The van der Waals surface area contributed by atoms with Crippen LogP contribution in [0.2, 0.25) is 0 Å². The summed E-state index contributed by atoms with van der Waals surface area (Å²) in [5, 5.41) is 26.3. The van der Waals surface area contributed by atoms with Crippen LogP contribution in [0.25, 0.3) is 11.3 Å². The van der Waals surface area contributed by atoms with Crippen molar-refractivity contribution < 1.29 is 9.84 Å². The summed E-state index contributed by atoms with van der Waals surface area (Å²) in [6.45, 7) is 5.15. The molecule has 1 unspecified atom stereocenters. The van der Waals surface area contributed by atoms with E-state index < -0.39 is 0 Å². The van der Waals surface area contributed by atoms with Crippen LogP contribution in [0.3, 0.4) is 0 Å². The molecule has 0 radical (unpaired) electrons. The molecule has 4 rings (SSSR count). The molecule has 1 atom stereocenters. The van der Waals surface area contributed by atoms with Gasteiger partial charge in [0.15, 0.2) is 0 Å². The molecule has 11 heteroatoms. The van der Waals surface area contributed by atoms with E-state index in [4.69, 9.17) is 16.4 Å². The fourth-order valence-corrected chi connectivity index (χ4v) is 4.16. The molecule has 7 N–H and O–H groups in total. The Morgan fingerprint density at radius 2 is 2.26 bits per heavy atom. The van der Waals surface area contributed by atoms with Gasteiger partial charge in [-0.1, -0.05) is 0 Å². The summed E-state index contributed by atoms with van der Waals surface area (Å²) in [6.07, 6.45) is 3.45. The van der Waals surface area contributed by atoms with Crippen molar-refractivity contribution in [2.24, 2.45) is 16.8 Å². The number of ether oxygens (including phenoxy) is 1. The van der Waals surface area contributed by atoms with Gasteiger partial charge in [-0.05, 0) is 38.4 Å². The Bertz CT molecular complexity index is 966. The number of piperidine rings is 1. The highest BCUT2D eigenvalue weighted by Crippen LogP contribution is 2.40. The summed E-state index contributed by atoms with van der Waals surface area (Å²) in [7, 11) is 0. The number of hydrogen-bond donors (Lipinski definition) is 5. The molecule has 0 amide bonds. The van der Waals surface area contributed by atoms with Gasteiger partial charge in [0.2, 0.25) is 5.95 Å². The number of aromatic hydroxyl groups is 1. The molecule has 3 heterocycles. The summed E-state index contributed by atoms with van der Waals surface area (Å²) >= 11 is 0. The van der Waals surface area contributed by atoms with E-state index in [2.05, 4.69) is 35.9 Å². The van der Waals surface area contributed by atoms with Crippen molar-refractivity contribution in [3.63, 3.8) is 0 Å². The molecule has 1 aromatic heterocycles. The first-order valence-electron chi connectivity index (χ1n) is 10.5. The highest BCUT2D eigenvalue weighted by molar-refractivity contribution is 5.81. The van der Waals surface area contributed by atoms with Gasteiger partial charge in [-0.25, -0.2) is 10.8 Å². The number of fused-ring (bicyclic) bond motifs is 1. The van der Waals surface area contributed by atoms with Crippen molar-refractivity contribution in [3.05, 3.63) is 23.4 Å². The summed E-state index contributed by atoms with van der Waals surface area (Å²) in [5.74, 6) is 12.7. The first-order chi connectivity index (χ1) is 15.1. The van der Waals surface area contributed by atoms with Crippen molar-refractivity contribution in [2.45, 2.75) is 38.6 Å². The van der Waals surface area contributed by atoms with Crippen LogP contribution in [0.5, 0.6) is 11.5 Å². The number of amidine groups is 1. The van der Waals surface area contributed by atoms with Crippen LogP contribution in [0.4, 0.5) is 5.95 Å². The average Bonchev–Trinajstić information content (AvgIpc) is 3.26. The number of anilines is 1. The van der Waals surface area contributed by atoms with E-state index in [1.54, 1.807) is 6.07 Å². The average molecular weight is 428 g/mol. The van der Waals surface area contributed by atoms with Crippen LogP contribution in [0, 0.1) is 6.92 Å². The van der Waals surface area contributed by atoms with Crippen molar-refractivity contribution in [1.29, 1.82) is 0 Å². The maximum Gasteiger partial charge on any atom is 0.243 e. The molecule has 0 aliphatic carbocycles. The van der Waals surface area contributed by atoms with Gasteiger partial charge in [-0.3, -0.25) is 0 Å². The third-order valence-corrected chi connectivity index (χ3v) is 5.79. The molecule has 2 aliphatic heterocycles. The predicted molar refractivity (Wildman–Crippen MR) is 118 cm³/mol. The maximum atomic E-state index is 10.6. The summed E-state index contributed by atoms with van der Waals surface area (Å²) in [5.41, 5.74) is 5.24. The van der Waals surface area contributed by atoms with E-state index in [0.29, 0.717) is 48.2 Å². The predicted octanol–water partition coefficient (Wildman–Crippen LogP) is 0.489. The number of hydrazine groups is 1. The number of nitrogens with one attached hydrogen (secondary N) is 2. The lowest BCUT2D eigenvalue weighted by Gasteiger charge is -2.33. The SMILES string of the molecule is Cc1nc(NC2CCCN(CC/C(=N/N)NN)C2)nnc1-c1ccc2c(c1O)CCO2. The number of benzene rings is 1. The van der Waals surface area contributed by atoms with Crippen molar-refractivity contribution in [3.8, 4) is 22.8 Å². The smallest absolute Gasteiger partial charge is 0.243 e.